The van der Waals surface area contributed by atoms with Gasteiger partial charge in [-0.05, 0) is 44.6 Å². The smallest absolute Gasteiger partial charge is 0.250 e. The normalized spacial score (nSPS) is 20.2. The molecular weight excluding hydrogens is 240 g/mol. The van der Waals surface area contributed by atoms with E-state index in [0.717, 1.165) is 25.2 Å². The van der Waals surface area contributed by atoms with Gasteiger partial charge in [-0.3, -0.25) is 4.79 Å². The number of amides is 1. The van der Waals surface area contributed by atoms with Gasteiger partial charge in [0.2, 0.25) is 0 Å². The van der Waals surface area contributed by atoms with Crippen LogP contribution in [0.1, 0.15) is 23.2 Å². The molecule has 0 spiro atoms. The molecule has 0 aliphatic carbocycles. The summed E-state index contributed by atoms with van der Waals surface area (Å²) in [6.45, 7) is 2.12. The van der Waals surface area contributed by atoms with Gasteiger partial charge in [0, 0.05) is 25.3 Å². The zero-order chi connectivity index (χ0) is 14.0. The Hall–Kier alpha value is -1.75. The minimum Gasteiger partial charge on any atom is -0.399 e. The zero-order valence-corrected chi connectivity index (χ0v) is 11.6. The average Bonchev–Trinajstić information content (AvgIpc) is 2.37. The molecule has 19 heavy (non-hydrogen) atoms. The van der Waals surface area contributed by atoms with Crippen LogP contribution in [-0.2, 0) is 0 Å². The van der Waals surface area contributed by atoms with E-state index in [1.54, 1.807) is 12.1 Å². The summed E-state index contributed by atoms with van der Waals surface area (Å²) in [5, 5.41) is 0. The van der Waals surface area contributed by atoms with E-state index in [1.807, 2.05) is 13.1 Å². The second-order valence-electron chi connectivity index (χ2n) is 5.31. The highest BCUT2D eigenvalue weighted by Crippen LogP contribution is 2.26. The monoisotopic (exact) mass is 262 g/mol. The van der Waals surface area contributed by atoms with Gasteiger partial charge in [-0.2, -0.15) is 0 Å². The summed E-state index contributed by atoms with van der Waals surface area (Å²) in [5.74, 6) is -0.411. The first-order chi connectivity index (χ1) is 8.99. The van der Waals surface area contributed by atoms with E-state index in [-0.39, 0.29) is 0 Å². The van der Waals surface area contributed by atoms with E-state index in [0.29, 0.717) is 17.3 Å². The number of rotatable bonds is 3. The number of hydrogen-bond acceptors (Lipinski definition) is 4. The van der Waals surface area contributed by atoms with E-state index < -0.39 is 5.91 Å². The Balaban J connectivity index is 2.29. The molecule has 1 fully saturated rings. The van der Waals surface area contributed by atoms with Gasteiger partial charge in [0.1, 0.15) is 0 Å². The number of piperidine rings is 1. The molecular formula is C14H22N4O. The Morgan fingerprint density at radius 2 is 2.21 bits per heavy atom. The van der Waals surface area contributed by atoms with Crippen molar-refractivity contribution in [3.8, 4) is 0 Å². The van der Waals surface area contributed by atoms with E-state index in [2.05, 4.69) is 16.8 Å². The summed E-state index contributed by atoms with van der Waals surface area (Å²) in [4.78, 5) is 16.0. The molecule has 5 heteroatoms. The van der Waals surface area contributed by atoms with Gasteiger partial charge >= 0.3 is 0 Å². The molecule has 0 radical (unpaired) electrons. The molecule has 2 rings (SSSR count). The summed E-state index contributed by atoms with van der Waals surface area (Å²) in [7, 11) is 4.12. The number of anilines is 2. The number of carbonyl (C=O) groups is 1. The summed E-state index contributed by atoms with van der Waals surface area (Å²) in [6.07, 6.45) is 2.29. The Bertz CT molecular complexity index is 475. The summed E-state index contributed by atoms with van der Waals surface area (Å²) < 4.78 is 0. The van der Waals surface area contributed by atoms with Crippen LogP contribution in [0.2, 0.25) is 0 Å². The fourth-order valence-corrected chi connectivity index (χ4v) is 2.70. The molecule has 4 N–H and O–H groups in total. The predicted molar refractivity (Wildman–Crippen MR) is 78.3 cm³/mol. The molecule has 1 heterocycles. The molecule has 1 aromatic carbocycles. The standard InChI is InChI=1S/C14H22N4O/c1-17-7-3-4-11(9-17)18(2)13-8-10(15)5-6-12(13)14(16)19/h5-6,8,11H,3-4,7,9,15H2,1-2H3,(H2,16,19). The van der Waals surface area contributed by atoms with Crippen molar-refractivity contribution in [1.29, 1.82) is 0 Å². The second kappa shape index (κ2) is 5.48. The highest BCUT2D eigenvalue weighted by atomic mass is 16.1. The molecule has 0 bridgehead atoms. The van der Waals surface area contributed by atoms with Crippen molar-refractivity contribution >= 4 is 17.3 Å². The Labute approximate surface area is 114 Å². The van der Waals surface area contributed by atoms with Crippen LogP contribution < -0.4 is 16.4 Å². The fourth-order valence-electron chi connectivity index (χ4n) is 2.70. The average molecular weight is 262 g/mol. The van der Waals surface area contributed by atoms with Crippen molar-refractivity contribution in [2.45, 2.75) is 18.9 Å². The number of likely N-dealkylation sites (N-methyl/N-ethyl adjacent to an activating group) is 2. The first-order valence-electron chi connectivity index (χ1n) is 6.59. The number of nitrogens with two attached hydrogens (primary N) is 2. The quantitative estimate of drug-likeness (QED) is 0.794. The third kappa shape index (κ3) is 2.98. The molecule has 1 unspecified atom stereocenters. The molecule has 104 valence electrons. The van der Waals surface area contributed by atoms with Gasteiger partial charge in [0.25, 0.3) is 5.91 Å². The van der Waals surface area contributed by atoms with Crippen molar-refractivity contribution in [1.82, 2.24) is 4.90 Å². The number of nitrogen functional groups attached to an aromatic ring is 1. The number of benzene rings is 1. The zero-order valence-electron chi connectivity index (χ0n) is 11.6. The minimum atomic E-state index is -0.411. The largest absolute Gasteiger partial charge is 0.399 e. The van der Waals surface area contributed by atoms with Crippen molar-refractivity contribution in [2.24, 2.45) is 5.73 Å². The summed E-state index contributed by atoms with van der Waals surface area (Å²) in [6, 6.07) is 5.63. The lowest BCUT2D eigenvalue weighted by Gasteiger charge is -2.37. The first kappa shape index (κ1) is 13.7. The Kier molecular flexibility index (Phi) is 3.95. The van der Waals surface area contributed by atoms with Crippen molar-refractivity contribution in [3.63, 3.8) is 0 Å². The van der Waals surface area contributed by atoms with Gasteiger partial charge < -0.3 is 21.3 Å². The van der Waals surface area contributed by atoms with Crippen LogP contribution in [0.15, 0.2) is 18.2 Å². The van der Waals surface area contributed by atoms with Crippen molar-refractivity contribution < 1.29 is 4.79 Å². The van der Waals surface area contributed by atoms with Crippen LogP contribution in [0.3, 0.4) is 0 Å². The maximum Gasteiger partial charge on any atom is 0.250 e. The number of likely N-dealkylation sites (tertiary alicyclic amines) is 1. The topological polar surface area (TPSA) is 75.6 Å². The highest BCUT2D eigenvalue weighted by molar-refractivity contribution is 5.99. The van der Waals surface area contributed by atoms with Crippen LogP contribution in [0.4, 0.5) is 11.4 Å². The first-order valence-corrected chi connectivity index (χ1v) is 6.59. The van der Waals surface area contributed by atoms with Crippen LogP contribution in [0.25, 0.3) is 0 Å². The molecule has 1 amide bonds. The summed E-state index contributed by atoms with van der Waals surface area (Å²) >= 11 is 0. The molecule has 0 saturated carbocycles. The lowest BCUT2D eigenvalue weighted by molar-refractivity contribution is 0.100. The maximum atomic E-state index is 11.5. The third-order valence-corrected chi connectivity index (χ3v) is 3.81. The highest BCUT2D eigenvalue weighted by Gasteiger charge is 2.23. The molecule has 1 saturated heterocycles. The molecule has 1 aromatic rings. The van der Waals surface area contributed by atoms with E-state index in [4.69, 9.17) is 11.5 Å². The van der Waals surface area contributed by atoms with Gasteiger partial charge in [-0.15, -0.1) is 0 Å². The number of carbonyl (C=O) groups excluding carboxylic acids is 1. The third-order valence-electron chi connectivity index (χ3n) is 3.81. The fraction of sp³-hybridized carbons (Fsp3) is 0.500. The van der Waals surface area contributed by atoms with Gasteiger partial charge in [0.05, 0.1) is 11.3 Å². The Morgan fingerprint density at radius 3 is 2.84 bits per heavy atom. The summed E-state index contributed by atoms with van der Waals surface area (Å²) in [5.41, 5.74) is 13.3. The van der Waals surface area contributed by atoms with Crippen molar-refractivity contribution in [2.75, 3.05) is 37.8 Å². The van der Waals surface area contributed by atoms with Crippen LogP contribution in [0.5, 0.6) is 0 Å². The van der Waals surface area contributed by atoms with E-state index in [1.165, 1.54) is 6.42 Å². The van der Waals surface area contributed by atoms with E-state index >= 15 is 0 Å². The van der Waals surface area contributed by atoms with Gasteiger partial charge in [-0.1, -0.05) is 0 Å². The number of hydrogen-bond donors (Lipinski definition) is 2. The number of primary amides is 1. The molecule has 5 nitrogen and oxygen atoms in total. The molecule has 0 aromatic heterocycles. The number of nitrogens with zero attached hydrogens (tertiary/aromatic N) is 2. The molecule has 1 aliphatic heterocycles. The second-order valence-corrected chi connectivity index (χ2v) is 5.31. The molecule has 1 aliphatic rings. The SMILES string of the molecule is CN1CCCC(N(C)c2cc(N)ccc2C(N)=O)C1. The lowest BCUT2D eigenvalue weighted by Crippen LogP contribution is -2.45. The minimum absolute atomic E-state index is 0.388. The van der Waals surface area contributed by atoms with Crippen LogP contribution >= 0.6 is 0 Å². The van der Waals surface area contributed by atoms with Crippen LogP contribution in [-0.4, -0.2) is 44.0 Å². The lowest BCUT2D eigenvalue weighted by atomic mass is 10.0. The van der Waals surface area contributed by atoms with Gasteiger partial charge in [0.15, 0.2) is 0 Å². The van der Waals surface area contributed by atoms with Gasteiger partial charge in [-0.25, -0.2) is 0 Å². The molecule has 1 atom stereocenters. The van der Waals surface area contributed by atoms with Crippen molar-refractivity contribution in [3.05, 3.63) is 23.8 Å². The maximum absolute atomic E-state index is 11.5. The van der Waals surface area contributed by atoms with Crippen LogP contribution in [0, 0.1) is 0 Å². The van der Waals surface area contributed by atoms with E-state index in [9.17, 15) is 4.79 Å². The predicted octanol–water partition coefficient (Wildman–Crippen LogP) is 0.898. The Morgan fingerprint density at radius 1 is 1.47 bits per heavy atom.